The topological polar surface area (TPSA) is 68.6 Å². The lowest BCUT2D eigenvalue weighted by Crippen LogP contribution is -2.41. The van der Waals surface area contributed by atoms with Crippen LogP contribution >= 0.6 is 0 Å². The number of aromatic nitrogens is 1. The number of carbonyl (C=O) groups is 2. The van der Waals surface area contributed by atoms with Crippen LogP contribution in [0.4, 0.5) is 0 Å². The molecule has 0 spiro atoms. The molecule has 0 aliphatic heterocycles. The minimum atomic E-state index is -0.420. The summed E-state index contributed by atoms with van der Waals surface area (Å²) in [7, 11) is 0. The maximum atomic E-state index is 12.2. The zero-order chi connectivity index (χ0) is 15.8. The Morgan fingerprint density at radius 3 is 2.62 bits per heavy atom. The Balaban J connectivity index is 2.63. The minimum Gasteiger partial charge on any atom is -0.465 e. The Bertz CT molecular complexity index is 536. The van der Waals surface area contributed by atoms with Gasteiger partial charge in [0, 0.05) is 31.3 Å². The van der Waals surface area contributed by atoms with E-state index in [4.69, 9.17) is 4.74 Å². The molecular weight excluding hydrogens is 272 g/mol. The van der Waals surface area contributed by atoms with E-state index in [0.717, 1.165) is 0 Å². The number of aryl methyl sites for hydroxylation is 1. The third-order valence-corrected chi connectivity index (χ3v) is 3.01. The van der Waals surface area contributed by atoms with Gasteiger partial charge in [-0.15, -0.1) is 0 Å². The van der Waals surface area contributed by atoms with E-state index < -0.39 is 5.97 Å². The maximum Gasteiger partial charge on any atom is 0.325 e. The molecular formula is C15H22N2O4. The summed E-state index contributed by atoms with van der Waals surface area (Å²) in [6, 6.07) is 4.74. The summed E-state index contributed by atoms with van der Waals surface area (Å²) < 4.78 is 6.34. The zero-order valence-corrected chi connectivity index (χ0v) is 12.7. The lowest BCUT2D eigenvalue weighted by Gasteiger charge is -2.25. The number of carbonyl (C=O) groups excluding carboxylic acids is 2. The molecule has 0 fully saturated rings. The van der Waals surface area contributed by atoms with Gasteiger partial charge in [0.15, 0.2) is 0 Å². The van der Waals surface area contributed by atoms with Crippen LogP contribution in [0.15, 0.2) is 29.2 Å². The van der Waals surface area contributed by atoms with Crippen LogP contribution in [0.3, 0.4) is 0 Å². The van der Waals surface area contributed by atoms with E-state index in [1.165, 1.54) is 15.5 Å². The Kier molecular flexibility index (Phi) is 6.65. The van der Waals surface area contributed by atoms with Gasteiger partial charge in [-0.2, -0.15) is 0 Å². The summed E-state index contributed by atoms with van der Waals surface area (Å²) in [5.41, 5.74) is -0.146. The fourth-order valence-corrected chi connectivity index (χ4v) is 1.91. The number of hydrogen-bond donors (Lipinski definition) is 0. The largest absolute Gasteiger partial charge is 0.465 e. The second-order valence-electron chi connectivity index (χ2n) is 4.90. The fraction of sp³-hybridized carbons (Fsp3) is 0.533. The van der Waals surface area contributed by atoms with Gasteiger partial charge in [0.05, 0.1) is 6.61 Å². The molecule has 0 saturated heterocycles. The monoisotopic (exact) mass is 294 g/mol. The highest BCUT2D eigenvalue weighted by Gasteiger charge is 2.20. The van der Waals surface area contributed by atoms with E-state index in [1.807, 2.05) is 13.8 Å². The van der Waals surface area contributed by atoms with Crippen molar-refractivity contribution in [3.8, 4) is 0 Å². The van der Waals surface area contributed by atoms with Gasteiger partial charge in [-0.1, -0.05) is 6.07 Å². The third kappa shape index (κ3) is 5.41. The normalized spacial score (nSPS) is 10.5. The van der Waals surface area contributed by atoms with Crippen molar-refractivity contribution in [2.75, 3.05) is 13.2 Å². The van der Waals surface area contributed by atoms with Gasteiger partial charge < -0.3 is 14.2 Å². The quantitative estimate of drug-likeness (QED) is 0.705. The van der Waals surface area contributed by atoms with Gasteiger partial charge in [0.1, 0.15) is 6.54 Å². The highest BCUT2D eigenvalue weighted by molar-refractivity contribution is 5.82. The van der Waals surface area contributed by atoms with Crippen molar-refractivity contribution in [3.63, 3.8) is 0 Å². The molecule has 0 atom stereocenters. The Labute approximate surface area is 124 Å². The summed E-state index contributed by atoms with van der Waals surface area (Å²) in [6.07, 6.45) is 1.81. The zero-order valence-electron chi connectivity index (χ0n) is 12.7. The molecule has 0 radical (unpaired) electrons. The van der Waals surface area contributed by atoms with Gasteiger partial charge in [0.2, 0.25) is 5.91 Å². The highest BCUT2D eigenvalue weighted by Crippen LogP contribution is 2.03. The predicted molar refractivity (Wildman–Crippen MR) is 78.8 cm³/mol. The summed E-state index contributed by atoms with van der Waals surface area (Å²) in [5, 5.41) is 0. The first-order valence-electron chi connectivity index (χ1n) is 7.06. The van der Waals surface area contributed by atoms with Crippen LogP contribution in [0, 0.1) is 0 Å². The number of amides is 1. The average molecular weight is 294 g/mol. The standard InChI is InChI=1S/C15H22N2O4/c1-4-21-15(20)11-17(12(2)3)14(19)8-10-16-9-6-5-7-13(16)18/h5-7,9,12H,4,8,10-11H2,1-3H3. The minimum absolute atomic E-state index is 0.0615. The number of hydrogen-bond acceptors (Lipinski definition) is 4. The van der Waals surface area contributed by atoms with Crippen molar-refractivity contribution >= 4 is 11.9 Å². The predicted octanol–water partition coefficient (Wildman–Crippen LogP) is 1.04. The first kappa shape index (κ1) is 16.9. The van der Waals surface area contributed by atoms with E-state index in [0.29, 0.717) is 13.2 Å². The van der Waals surface area contributed by atoms with Crippen LogP contribution in [0.25, 0.3) is 0 Å². The molecule has 21 heavy (non-hydrogen) atoms. The molecule has 1 aromatic heterocycles. The van der Waals surface area contributed by atoms with Crippen molar-refractivity contribution in [1.82, 2.24) is 9.47 Å². The summed E-state index contributed by atoms with van der Waals surface area (Å²) in [5.74, 6) is -0.592. The summed E-state index contributed by atoms with van der Waals surface area (Å²) >= 11 is 0. The molecule has 6 heteroatoms. The molecule has 0 aromatic carbocycles. The Hall–Kier alpha value is -2.11. The molecule has 0 aliphatic carbocycles. The lowest BCUT2D eigenvalue weighted by molar-refractivity contribution is -0.150. The number of pyridine rings is 1. The molecule has 0 unspecified atom stereocenters. The number of ether oxygens (including phenoxy) is 1. The molecule has 0 N–H and O–H groups in total. The second kappa shape index (κ2) is 8.24. The first-order chi connectivity index (χ1) is 9.95. The van der Waals surface area contributed by atoms with Gasteiger partial charge >= 0.3 is 5.97 Å². The van der Waals surface area contributed by atoms with Crippen LogP contribution in [0.5, 0.6) is 0 Å². The Morgan fingerprint density at radius 2 is 2.05 bits per heavy atom. The highest BCUT2D eigenvalue weighted by atomic mass is 16.5. The maximum absolute atomic E-state index is 12.2. The molecule has 1 rings (SSSR count). The van der Waals surface area contributed by atoms with Crippen molar-refractivity contribution in [2.45, 2.75) is 39.8 Å². The molecule has 116 valence electrons. The Morgan fingerprint density at radius 1 is 1.33 bits per heavy atom. The SMILES string of the molecule is CCOC(=O)CN(C(=O)CCn1ccccc1=O)C(C)C. The van der Waals surface area contributed by atoms with Crippen LogP contribution in [-0.4, -0.2) is 40.5 Å². The third-order valence-electron chi connectivity index (χ3n) is 3.01. The number of rotatable bonds is 7. The van der Waals surface area contributed by atoms with Gasteiger partial charge in [-0.05, 0) is 26.8 Å². The molecule has 0 saturated carbocycles. The smallest absolute Gasteiger partial charge is 0.325 e. The molecule has 6 nitrogen and oxygen atoms in total. The van der Waals surface area contributed by atoms with Crippen molar-refractivity contribution in [2.24, 2.45) is 0 Å². The van der Waals surface area contributed by atoms with E-state index in [2.05, 4.69) is 0 Å². The fourth-order valence-electron chi connectivity index (χ4n) is 1.91. The van der Waals surface area contributed by atoms with Crippen molar-refractivity contribution < 1.29 is 14.3 Å². The second-order valence-corrected chi connectivity index (χ2v) is 4.90. The lowest BCUT2D eigenvalue weighted by atomic mass is 10.2. The van der Waals surface area contributed by atoms with E-state index in [1.54, 1.807) is 25.3 Å². The number of esters is 1. The van der Waals surface area contributed by atoms with Crippen molar-refractivity contribution in [1.29, 1.82) is 0 Å². The van der Waals surface area contributed by atoms with Crippen molar-refractivity contribution in [3.05, 3.63) is 34.7 Å². The van der Waals surface area contributed by atoms with E-state index in [9.17, 15) is 14.4 Å². The van der Waals surface area contributed by atoms with E-state index in [-0.39, 0.29) is 30.5 Å². The molecule has 0 bridgehead atoms. The summed E-state index contributed by atoms with van der Waals surface area (Å²) in [6.45, 7) is 5.93. The van der Waals surface area contributed by atoms with Crippen LogP contribution in [0.2, 0.25) is 0 Å². The van der Waals surface area contributed by atoms with Gasteiger partial charge in [-0.3, -0.25) is 14.4 Å². The number of nitrogens with zero attached hydrogens (tertiary/aromatic N) is 2. The van der Waals surface area contributed by atoms with Crippen LogP contribution in [-0.2, 0) is 20.9 Å². The van der Waals surface area contributed by atoms with Gasteiger partial charge in [-0.25, -0.2) is 0 Å². The molecule has 1 heterocycles. The summed E-state index contributed by atoms with van der Waals surface area (Å²) in [4.78, 5) is 36.8. The van der Waals surface area contributed by atoms with E-state index >= 15 is 0 Å². The van der Waals surface area contributed by atoms with Crippen LogP contribution < -0.4 is 5.56 Å². The van der Waals surface area contributed by atoms with Crippen LogP contribution in [0.1, 0.15) is 27.2 Å². The molecule has 0 aliphatic rings. The molecule has 1 amide bonds. The van der Waals surface area contributed by atoms with Gasteiger partial charge in [0.25, 0.3) is 5.56 Å². The first-order valence-corrected chi connectivity index (χ1v) is 7.06. The average Bonchev–Trinajstić information content (AvgIpc) is 2.43. The molecule has 1 aromatic rings.